The molecule has 0 bridgehead atoms. The Hall–Kier alpha value is -4.43. The fourth-order valence-corrected chi connectivity index (χ4v) is 5.26. The fourth-order valence-electron chi connectivity index (χ4n) is 5.26. The Morgan fingerprint density at radius 2 is 2.05 bits per heavy atom. The lowest BCUT2D eigenvalue weighted by Gasteiger charge is -2.30. The normalized spacial score (nSPS) is 15.3. The summed E-state index contributed by atoms with van der Waals surface area (Å²) in [5.41, 5.74) is 3.03. The minimum Gasteiger partial charge on any atom is -0.482 e. The average Bonchev–Trinajstić information content (AvgIpc) is 2.95. The third-order valence-corrected chi connectivity index (χ3v) is 7.23. The Kier molecular flexibility index (Phi) is 8.21. The Morgan fingerprint density at radius 3 is 2.73 bits per heavy atom. The van der Waals surface area contributed by atoms with Gasteiger partial charge in [0.25, 0.3) is 5.91 Å². The van der Waals surface area contributed by atoms with Crippen LogP contribution in [0.25, 0.3) is 11.1 Å². The van der Waals surface area contributed by atoms with Crippen LogP contribution in [-0.4, -0.2) is 47.8 Å². The topological polar surface area (TPSA) is 127 Å². The minimum absolute atomic E-state index is 0.0735. The molecule has 0 spiro atoms. The van der Waals surface area contributed by atoms with E-state index in [1.165, 1.54) is 11.1 Å². The van der Waals surface area contributed by atoms with Gasteiger partial charge in [-0.05, 0) is 56.0 Å². The van der Waals surface area contributed by atoms with Gasteiger partial charge in [0.05, 0.1) is 35.4 Å². The summed E-state index contributed by atoms with van der Waals surface area (Å²) in [6, 6.07) is 8.37. The molecule has 11 heteroatoms. The molecular formula is C30H31F2N7O2. The summed E-state index contributed by atoms with van der Waals surface area (Å²) in [6.07, 6.45) is 4.52. The Morgan fingerprint density at radius 1 is 1.27 bits per heavy atom. The number of nitrogens with one attached hydrogen (secondary N) is 3. The maximum Gasteiger partial charge on any atom is 0.265 e. The molecule has 9 nitrogen and oxygen atoms in total. The number of rotatable bonds is 8. The molecule has 2 aliphatic rings. The van der Waals surface area contributed by atoms with Crippen LogP contribution in [0.1, 0.15) is 49.2 Å². The van der Waals surface area contributed by atoms with Gasteiger partial charge < -0.3 is 20.8 Å². The molecule has 1 aromatic carbocycles. The van der Waals surface area contributed by atoms with Gasteiger partial charge in [-0.2, -0.15) is 5.26 Å². The summed E-state index contributed by atoms with van der Waals surface area (Å²) in [5.74, 6) is -0.885. The highest BCUT2D eigenvalue weighted by atomic mass is 19.1. The smallest absolute Gasteiger partial charge is 0.265 e. The van der Waals surface area contributed by atoms with Crippen LogP contribution in [0.2, 0.25) is 0 Å². The van der Waals surface area contributed by atoms with Crippen molar-refractivity contribution in [1.29, 1.82) is 10.7 Å². The maximum absolute atomic E-state index is 14.4. The first-order chi connectivity index (χ1) is 19.8. The van der Waals surface area contributed by atoms with Crippen molar-refractivity contribution in [3.63, 3.8) is 0 Å². The van der Waals surface area contributed by atoms with E-state index >= 15 is 0 Å². The number of ether oxygens (including phenoxy) is 1. The summed E-state index contributed by atoms with van der Waals surface area (Å²) in [5, 5.41) is 25.5. The van der Waals surface area contributed by atoms with Crippen molar-refractivity contribution in [3.05, 3.63) is 64.6 Å². The molecule has 4 heterocycles. The van der Waals surface area contributed by atoms with Crippen molar-refractivity contribution in [2.45, 2.75) is 45.7 Å². The first-order valence-electron chi connectivity index (χ1n) is 13.6. The van der Waals surface area contributed by atoms with Gasteiger partial charge in [0.15, 0.2) is 6.61 Å². The van der Waals surface area contributed by atoms with Gasteiger partial charge in [0, 0.05) is 29.4 Å². The van der Waals surface area contributed by atoms with Crippen molar-refractivity contribution < 1.29 is 18.3 Å². The molecule has 5 rings (SSSR count). The van der Waals surface area contributed by atoms with Gasteiger partial charge in [0.1, 0.15) is 29.3 Å². The molecule has 41 heavy (non-hydrogen) atoms. The highest BCUT2D eigenvalue weighted by molar-refractivity contribution is 6.00. The molecular weight excluding hydrogens is 528 g/mol. The zero-order chi connectivity index (χ0) is 29.1. The van der Waals surface area contributed by atoms with Crippen LogP contribution in [0.5, 0.6) is 5.75 Å². The third-order valence-electron chi connectivity index (χ3n) is 7.23. The lowest BCUT2D eigenvalue weighted by atomic mass is 9.91. The Bertz CT molecular complexity index is 1530. The van der Waals surface area contributed by atoms with Crippen molar-refractivity contribution >= 4 is 23.6 Å². The van der Waals surface area contributed by atoms with Crippen LogP contribution in [0.4, 0.5) is 20.3 Å². The van der Waals surface area contributed by atoms with Crippen molar-refractivity contribution in [2.24, 2.45) is 5.92 Å². The SMILES string of the molecule is CC(C)Cc1nc(NC2CCNCC2)c(C=N)c(-c2ccc3c(c2)OCC(=O)N3Cc2ncc(F)cc2F)c1C#N. The second kappa shape index (κ2) is 12.0. The summed E-state index contributed by atoms with van der Waals surface area (Å²) in [7, 11) is 0. The van der Waals surface area contributed by atoms with Crippen molar-refractivity contribution in [2.75, 3.05) is 29.9 Å². The van der Waals surface area contributed by atoms with Gasteiger partial charge in [-0.25, -0.2) is 13.8 Å². The van der Waals surface area contributed by atoms with Gasteiger partial charge in [0.2, 0.25) is 0 Å². The Balaban J connectivity index is 1.59. The lowest BCUT2D eigenvalue weighted by molar-refractivity contribution is -0.121. The monoisotopic (exact) mass is 559 g/mol. The molecule has 0 radical (unpaired) electrons. The van der Waals surface area contributed by atoms with E-state index in [4.69, 9.17) is 15.1 Å². The number of carbonyl (C=O) groups is 1. The van der Waals surface area contributed by atoms with Crippen LogP contribution < -0.4 is 20.3 Å². The molecule has 0 unspecified atom stereocenters. The first kappa shape index (κ1) is 28.1. The molecule has 1 amide bonds. The second-order valence-electron chi connectivity index (χ2n) is 10.6. The van der Waals surface area contributed by atoms with E-state index in [9.17, 15) is 18.8 Å². The number of fused-ring (bicyclic) bond motifs is 1. The van der Waals surface area contributed by atoms with Gasteiger partial charge in [-0.15, -0.1) is 0 Å². The number of piperidine rings is 1. The van der Waals surface area contributed by atoms with Crippen molar-refractivity contribution in [3.8, 4) is 22.9 Å². The van der Waals surface area contributed by atoms with E-state index in [0.717, 1.165) is 38.2 Å². The highest BCUT2D eigenvalue weighted by Crippen LogP contribution is 2.40. The summed E-state index contributed by atoms with van der Waals surface area (Å²) in [6.45, 7) is 5.41. The fraction of sp³-hybridized carbons (Fsp3) is 0.367. The summed E-state index contributed by atoms with van der Waals surface area (Å²) < 4.78 is 33.5. The number of hydrogen-bond donors (Lipinski definition) is 3. The van der Waals surface area contributed by atoms with Crippen LogP contribution in [-0.2, 0) is 17.8 Å². The van der Waals surface area contributed by atoms with E-state index in [-0.39, 0.29) is 30.8 Å². The van der Waals surface area contributed by atoms with E-state index < -0.39 is 17.5 Å². The molecule has 212 valence electrons. The number of benzene rings is 1. The lowest BCUT2D eigenvalue weighted by Crippen LogP contribution is -2.38. The van der Waals surface area contributed by atoms with Crippen LogP contribution in [0.15, 0.2) is 30.5 Å². The number of halogens is 2. The van der Waals surface area contributed by atoms with Crippen molar-refractivity contribution in [1.82, 2.24) is 15.3 Å². The predicted molar refractivity (Wildman–Crippen MR) is 151 cm³/mol. The van der Waals surface area contributed by atoms with E-state index in [1.54, 1.807) is 18.2 Å². The molecule has 0 aliphatic carbocycles. The molecule has 2 aliphatic heterocycles. The number of carbonyl (C=O) groups excluding carboxylic acids is 1. The summed E-state index contributed by atoms with van der Waals surface area (Å²) >= 11 is 0. The first-order valence-corrected chi connectivity index (χ1v) is 13.6. The van der Waals surface area contributed by atoms with Crippen LogP contribution in [0.3, 0.4) is 0 Å². The number of amides is 1. The average molecular weight is 560 g/mol. The highest BCUT2D eigenvalue weighted by Gasteiger charge is 2.29. The van der Waals surface area contributed by atoms with Crippen LogP contribution in [0, 0.1) is 34.3 Å². The molecule has 0 saturated carbocycles. The molecule has 1 saturated heterocycles. The third kappa shape index (κ3) is 5.88. The largest absolute Gasteiger partial charge is 0.482 e. The van der Waals surface area contributed by atoms with Gasteiger partial charge >= 0.3 is 0 Å². The molecule has 0 atom stereocenters. The minimum atomic E-state index is -0.847. The summed E-state index contributed by atoms with van der Waals surface area (Å²) in [4.78, 5) is 22.8. The number of hydrogen-bond acceptors (Lipinski definition) is 8. The zero-order valence-electron chi connectivity index (χ0n) is 22.9. The number of pyridine rings is 2. The maximum atomic E-state index is 14.4. The zero-order valence-corrected chi connectivity index (χ0v) is 22.9. The number of nitriles is 1. The van der Waals surface area contributed by atoms with Crippen LogP contribution >= 0.6 is 0 Å². The van der Waals surface area contributed by atoms with Gasteiger partial charge in [-0.3, -0.25) is 14.7 Å². The number of aromatic nitrogens is 2. The molecule has 3 aromatic rings. The van der Waals surface area contributed by atoms with E-state index in [0.29, 0.717) is 51.6 Å². The van der Waals surface area contributed by atoms with Gasteiger partial charge in [-0.1, -0.05) is 19.9 Å². The molecule has 1 fully saturated rings. The number of anilines is 2. The van der Waals surface area contributed by atoms with E-state index in [1.807, 2.05) is 0 Å². The number of nitrogens with zero attached hydrogens (tertiary/aromatic N) is 4. The molecule has 3 N–H and O–H groups in total. The van der Waals surface area contributed by atoms with E-state index in [2.05, 4.69) is 35.5 Å². The Labute approximate surface area is 237 Å². The predicted octanol–water partition coefficient (Wildman–Crippen LogP) is 4.58. The standard InChI is InChI=1S/C30H31F2N7O2/c1-17(2)9-24-21(12-33)29(22(13-34)30(38-24)37-20-5-7-35-8-6-20)18-3-4-26-27(10-18)41-16-28(40)39(26)15-25-23(32)11-19(31)14-36-25/h3-4,10-11,13-14,17,20,34-35H,5-9,15-16H2,1-2H3,(H,37,38). The quantitative estimate of drug-likeness (QED) is 0.345. The second-order valence-corrected chi connectivity index (χ2v) is 10.6. The molecule has 2 aromatic heterocycles.